The normalized spacial score (nSPS) is 20.6. The van der Waals surface area contributed by atoms with Gasteiger partial charge in [0.05, 0.1) is 23.3 Å². The third-order valence-corrected chi connectivity index (χ3v) is 5.83. The minimum atomic E-state index is -0.285. The number of H-pyrrole nitrogens is 1. The highest BCUT2D eigenvalue weighted by atomic mass is 16.2. The lowest BCUT2D eigenvalue weighted by molar-refractivity contribution is -0.137. The van der Waals surface area contributed by atoms with Crippen molar-refractivity contribution in [3.05, 3.63) is 30.1 Å². The number of nitrogens with one attached hydrogen (secondary N) is 1. The van der Waals surface area contributed by atoms with Crippen LogP contribution in [0, 0.1) is 5.92 Å². The molecule has 154 valence electrons. The Morgan fingerprint density at radius 2 is 1.79 bits per heavy atom. The van der Waals surface area contributed by atoms with E-state index >= 15 is 0 Å². The fourth-order valence-electron chi connectivity index (χ4n) is 4.16. The molecule has 2 fully saturated rings. The first kappa shape index (κ1) is 19.4. The van der Waals surface area contributed by atoms with E-state index < -0.39 is 0 Å². The summed E-state index contributed by atoms with van der Waals surface area (Å²) in [6, 6.07) is 5.43. The lowest BCUT2D eigenvalue weighted by Gasteiger charge is -2.36. The van der Waals surface area contributed by atoms with Gasteiger partial charge in [0, 0.05) is 50.2 Å². The molecular weight excluding hydrogens is 370 g/mol. The second-order valence-electron chi connectivity index (χ2n) is 8.83. The van der Waals surface area contributed by atoms with Crippen LogP contribution in [0.4, 0.5) is 0 Å². The second-order valence-corrected chi connectivity index (χ2v) is 8.83. The summed E-state index contributed by atoms with van der Waals surface area (Å²) in [4.78, 5) is 50.6. The number of imidazole rings is 1. The Bertz CT molecular complexity index is 953. The zero-order valence-electron chi connectivity index (χ0n) is 17.1. The summed E-state index contributed by atoms with van der Waals surface area (Å²) in [5.41, 5.74) is 2.00. The van der Waals surface area contributed by atoms with E-state index in [-0.39, 0.29) is 35.6 Å². The second kappa shape index (κ2) is 7.17. The molecule has 3 heterocycles. The number of hydrogen-bond donors (Lipinski definition) is 1. The van der Waals surface area contributed by atoms with Gasteiger partial charge in [-0.2, -0.15) is 0 Å². The van der Waals surface area contributed by atoms with Crippen molar-refractivity contribution in [3.63, 3.8) is 0 Å². The van der Waals surface area contributed by atoms with Gasteiger partial charge in [0.25, 0.3) is 5.91 Å². The van der Waals surface area contributed by atoms with Gasteiger partial charge in [0.2, 0.25) is 11.8 Å². The maximum atomic E-state index is 12.9. The topological polar surface area (TPSA) is 89.6 Å². The zero-order valence-corrected chi connectivity index (χ0v) is 17.1. The van der Waals surface area contributed by atoms with Crippen LogP contribution in [0.5, 0.6) is 0 Å². The van der Waals surface area contributed by atoms with E-state index in [9.17, 15) is 14.4 Å². The number of hydrogen-bond acceptors (Lipinski definition) is 4. The third-order valence-electron chi connectivity index (χ3n) is 5.83. The average Bonchev–Trinajstić information content (AvgIpc) is 3.32. The molecule has 2 aromatic rings. The first-order valence-electron chi connectivity index (χ1n) is 10.1. The quantitative estimate of drug-likeness (QED) is 0.832. The van der Waals surface area contributed by atoms with Gasteiger partial charge in [-0.25, -0.2) is 4.98 Å². The van der Waals surface area contributed by atoms with Crippen molar-refractivity contribution >= 4 is 28.8 Å². The van der Waals surface area contributed by atoms with E-state index in [1.165, 1.54) is 0 Å². The van der Waals surface area contributed by atoms with Crippen molar-refractivity contribution in [1.82, 2.24) is 24.7 Å². The lowest BCUT2D eigenvalue weighted by atomic mass is 10.1. The number of rotatable bonds is 2. The highest BCUT2D eigenvalue weighted by Crippen LogP contribution is 2.27. The number of nitrogens with zero attached hydrogens (tertiary/aromatic N) is 4. The predicted molar refractivity (Wildman–Crippen MR) is 108 cm³/mol. The molecule has 0 saturated carbocycles. The first-order valence-corrected chi connectivity index (χ1v) is 10.1. The molecule has 2 aliphatic rings. The van der Waals surface area contributed by atoms with Gasteiger partial charge in [0.1, 0.15) is 0 Å². The minimum Gasteiger partial charge on any atom is -0.345 e. The molecule has 8 heteroatoms. The van der Waals surface area contributed by atoms with E-state index in [2.05, 4.69) is 9.97 Å². The number of fused-ring (bicyclic) bond motifs is 1. The van der Waals surface area contributed by atoms with Gasteiger partial charge in [0.15, 0.2) is 0 Å². The van der Waals surface area contributed by atoms with Crippen LogP contribution in [0.15, 0.2) is 24.5 Å². The molecule has 0 spiro atoms. The lowest BCUT2D eigenvalue weighted by Crippen LogP contribution is -2.52. The van der Waals surface area contributed by atoms with Crippen LogP contribution in [-0.2, 0) is 9.59 Å². The molecule has 2 saturated heterocycles. The van der Waals surface area contributed by atoms with Crippen LogP contribution in [-0.4, -0.2) is 80.7 Å². The Balaban J connectivity index is 1.36. The van der Waals surface area contributed by atoms with E-state index in [1.807, 2.05) is 32.9 Å². The Hall–Kier alpha value is -2.90. The van der Waals surface area contributed by atoms with Gasteiger partial charge in [-0.05, 0) is 39.0 Å². The van der Waals surface area contributed by atoms with E-state index in [1.54, 1.807) is 27.1 Å². The largest absolute Gasteiger partial charge is 0.345 e. The number of amides is 3. The molecule has 1 aromatic heterocycles. The van der Waals surface area contributed by atoms with Crippen LogP contribution < -0.4 is 0 Å². The van der Waals surface area contributed by atoms with Crippen molar-refractivity contribution in [2.75, 3.05) is 32.7 Å². The van der Waals surface area contributed by atoms with Gasteiger partial charge in [-0.15, -0.1) is 0 Å². The molecule has 3 amide bonds. The molecule has 0 radical (unpaired) electrons. The summed E-state index contributed by atoms with van der Waals surface area (Å²) in [5.74, 6) is -0.259. The van der Waals surface area contributed by atoms with Crippen molar-refractivity contribution in [1.29, 1.82) is 0 Å². The maximum absolute atomic E-state index is 12.9. The number of carbonyl (C=O) groups excluding carboxylic acids is 3. The standard InChI is InChI=1S/C21H27N5O3/c1-21(2,3)26-12-15(11-18(26)27)20(29)25-8-6-24(7-9-25)19(28)14-4-5-16-17(10-14)23-13-22-16/h4-5,10,13,15H,6-9,11-12H2,1-3H3,(H,22,23). The van der Waals surface area contributed by atoms with Crippen molar-refractivity contribution in [3.8, 4) is 0 Å². The van der Waals surface area contributed by atoms with Gasteiger partial charge in [-0.1, -0.05) is 0 Å². The van der Waals surface area contributed by atoms with Gasteiger partial charge >= 0.3 is 0 Å². The molecule has 1 atom stereocenters. The van der Waals surface area contributed by atoms with Crippen molar-refractivity contribution < 1.29 is 14.4 Å². The molecule has 0 aliphatic carbocycles. The Labute approximate surface area is 169 Å². The minimum absolute atomic E-state index is 0.0241. The summed E-state index contributed by atoms with van der Waals surface area (Å²) in [6.07, 6.45) is 1.89. The molecule has 1 unspecified atom stereocenters. The van der Waals surface area contributed by atoms with E-state index in [0.717, 1.165) is 11.0 Å². The van der Waals surface area contributed by atoms with E-state index in [0.29, 0.717) is 38.3 Å². The Morgan fingerprint density at radius 1 is 1.10 bits per heavy atom. The number of aromatic amines is 1. The molecule has 1 N–H and O–H groups in total. The van der Waals surface area contributed by atoms with E-state index in [4.69, 9.17) is 0 Å². The van der Waals surface area contributed by atoms with Gasteiger partial charge in [-0.3, -0.25) is 14.4 Å². The average molecular weight is 397 g/mol. The van der Waals surface area contributed by atoms with Crippen molar-refractivity contribution in [2.24, 2.45) is 5.92 Å². The molecule has 0 bridgehead atoms. The van der Waals surface area contributed by atoms with Crippen molar-refractivity contribution in [2.45, 2.75) is 32.7 Å². The van der Waals surface area contributed by atoms with Crippen LogP contribution >= 0.6 is 0 Å². The monoisotopic (exact) mass is 397 g/mol. The summed E-state index contributed by atoms with van der Waals surface area (Å²) in [6.45, 7) is 8.43. The summed E-state index contributed by atoms with van der Waals surface area (Å²) >= 11 is 0. The number of likely N-dealkylation sites (tertiary alicyclic amines) is 1. The molecule has 1 aromatic carbocycles. The summed E-state index contributed by atoms with van der Waals surface area (Å²) in [5, 5.41) is 0. The highest BCUT2D eigenvalue weighted by Gasteiger charge is 2.41. The Kier molecular flexibility index (Phi) is 4.80. The molecule has 8 nitrogen and oxygen atoms in total. The molecule has 4 rings (SSSR count). The zero-order chi connectivity index (χ0) is 20.8. The highest BCUT2D eigenvalue weighted by molar-refractivity contribution is 5.97. The number of carbonyl (C=O) groups is 3. The van der Waals surface area contributed by atoms with Crippen LogP contribution in [0.1, 0.15) is 37.6 Å². The maximum Gasteiger partial charge on any atom is 0.254 e. The molecular formula is C21H27N5O3. The summed E-state index contributed by atoms with van der Waals surface area (Å²) < 4.78 is 0. The smallest absolute Gasteiger partial charge is 0.254 e. The fourth-order valence-corrected chi connectivity index (χ4v) is 4.16. The number of aromatic nitrogens is 2. The van der Waals surface area contributed by atoms with Gasteiger partial charge < -0.3 is 19.7 Å². The summed E-state index contributed by atoms with van der Waals surface area (Å²) in [7, 11) is 0. The fraction of sp³-hybridized carbons (Fsp3) is 0.524. The number of piperazine rings is 1. The third kappa shape index (κ3) is 3.71. The molecule has 29 heavy (non-hydrogen) atoms. The van der Waals surface area contributed by atoms with Crippen LogP contribution in [0.2, 0.25) is 0 Å². The van der Waals surface area contributed by atoms with Crippen LogP contribution in [0.3, 0.4) is 0 Å². The number of benzene rings is 1. The SMILES string of the molecule is CC(C)(C)N1CC(C(=O)N2CCN(C(=O)c3ccc4nc[nH]c4c3)CC2)CC1=O. The first-order chi connectivity index (χ1) is 13.7. The molecule has 2 aliphatic heterocycles. The van der Waals surface area contributed by atoms with Crippen LogP contribution in [0.25, 0.3) is 11.0 Å². The predicted octanol–water partition coefficient (Wildman–Crippen LogP) is 1.49. The Morgan fingerprint density at radius 3 is 2.45 bits per heavy atom.